The number of unbranched alkanes of at least 4 members (excludes halogenated alkanes) is 2. The minimum atomic E-state index is 0.388. The summed E-state index contributed by atoms with van der Waals surface area (Å²) >= 11 is 0. The molecule has 18 heavy (non-hydrogen) atoms. The quantitative estimate of drug-likeness (QED) is 0.701. The first-order valence-electron chi connectivity index (χ1n) is 7.17. The summed E-state index contributed by atoms with van der Waals surface area (Å²) in [5, 5.41) is 3.53. The maximum atomic E-state index is 4.51. The van der Waals surface area contributed by atoms with E-state index in [0.717, 1.165) is 24.5 Å². The number of pyridine rings is 1. The number of rotatable bonds is 8. The molecule has 0 saturated heterocycles. The van der Waals surface area contributed by atoms with Crippen molar-refractivity contribution in [3.05, 3.63) is 29.6 Å². The zero-order chi connectivity index (χ0) is 13.4. The van der Waals surface area contributed by atoms with Gasteiger partial charge in [-0.3, -0.25) is 4.98 Å². The minimum Gasteiger partial charge on any atom is -0.311 e. The molecule has 0 aliphatic rings. The van der Waals surface area contributed by atoms with E-state index >= 15 is 0 Å². The predicted octanol–water partition coefficient (Wildman–Crippen LogP) is 4.09. The Morgan fingerprint density at radius 3 is 2.67 bits per heavy atom. The predicted molar refractivity (Wildman–Crippen MR) is 78.6 cm³/mol. The van der Waals surface area contributed by atoms with E-state index in [2.05, 4.69) is 43.2 Å². The normalized spacial score (nSPS) is 11.8. The second kappa shape index (κ2) is 7.52. The van der Waals surface area contributed by atoms with Crippen LogP contribution in [0.4, 0.5) is 0 Å². The van der Waals surface area contributed by atoms with Crippen LogP contribution < -0.4 is 5.32 Å². The standard InChI is InChI=1S/C16H28N2/c1-5-6-7-11-16(3,4)13-17-12-15-10-8-9-14(2)18-15/h8-10,17H,5-7,11-13H2,1-4H3. The average molecular weight is 248 g/mol. The average Bonchev–Trinajstić information content (AvgIpc) is 2.29. The third kappa shape index (κ3) is 6.15. The van der Waals surface area contributed by atoms with Gasteiger partial charge in [0, 0.05) is 18.8 Å². The van der Waals surface area contributed by atoms with Gasteiger partial charge in [0.25, 0.3) is 0 Å². The van der Waals surface area contributed by atoms with Crippen molar-refractivity contribution in [2.75, 3.05) is 6.54 Å². The second-order valence-electron chi connectivity index (χ2n) is 6.00. The number of aromatic nitrogens is 1. The van der Waals surface area contributed by atoms with Gasteiger partial charge in [-0.1, -0.05) is 46.1 Å². The first kappa shape index (κ1) is 15.2. The zero-order valence-electron chi connectivity index (χ0n) is 12.4. The molecule has 0 spiro atoms. The number of nitrogens with zero attached hydrogens (tertiary/aromatic N) is 1. The van der Waals surface area contributed by atoms with Crippen molar-refractivity contribution in [3.8, 4) is 0 Å². The molecule has 0 unspecified atom stereocenters. The fourth-order valence-electron chi connectivity index (χ4n) is 2.17. The van der Waals surface area contributed by atoms with Crippen LogP contribution in [0.1, 0.15) is 57.8 Å². The van der Waals surface area contributed by atoms with Crippen molar-refractivity contribution in [3.63, 3.8) is 0 Å². The molecule has 0 fully saturated rings. The van der Waals surface area contributed by atoms with Gasteiger partial charge in [0.1, 0.15) is 0 Å². The Hall–Kier alpha value is -0.890. The molecule has 2 nitrogen and oxygen atoms in total. The smallest absolute Gasteiger partial charge is 0.0544 e. The summed E-state index contributed by atoms with van der Waals surface area (Å²) in [7, 11) is 0. The lowest BCUT2D eigenvalue weighted by atomic mass is 9.87. The lowest BCUT2D eigenvalue weighted by Gasteiger charge is -2.25. The molecule has 0 bridgehead atoms. The van der Waals surface area contributed by atoms with Crippen LogP contribution in [0.5, 0.6) is 0 Å². The van der Waals surface area contributed by atoms with Crippen molar-refractivity contribution in [2.45, 2.75) is 59.9 Å². The molecule has 0 aliphatic heterocycles. The Kier molecular flexibility index (Phi) is 6.34. The van der Waals surface area contributed by atoms with Crippen LogP contribution in [0.25, 0.3) is 0 Å². The molecular formula is C16H28N2. The van der Waals surface area contributed by atoms with Crippen LogP contribution in [0.3, 0.4) is 0 Å². The van der Waals surface area contributed by atoms with Crippen LogP contribution in [0.15, 0.2) is 18.2 Å². The molecule has 0 saturated carbocycles. The van der Waals surface area contributed by atoms with Crippen LogP contribution in [-0.4, -0.2) is 11.5 Å². The molecular weight excluding hydrogens is 220 g/mol. The number of hydrogen-bond acceptors (Lipinski definition) is 2. The first-order valence-corrected chi connectivity index (χ1v) is 7.17. The highest BCUT2D eigenvalue weighted by molar-refractivity contribution is 5.09. The second-order valence-corrected chi connectivity index (χ2v) is 6.00. The first-order chi connectivity index (χ1) is 8.53. The number of nitrogens with one attached hydrogen (secondary N) is 1. The molecule has 0 radical (unpaired) electrons. The largest absolute Gasteiger partial charge is 0.311 e. The van der Waals surface area contributed by atoms with E-state index in [1.54, 1.807) is 0 Å². The highest BCUT2D eigenvalue weighted by atomic mass is 14.9. The monoisotopic (exact) mass is 248 g/mol. The fourth-order valence-corrected chi connectivity index (χ4v) is 2.17. The van der Waals surface area contributed by atoms with Crippen molar-refractivity contribution in [1.82, 2.24) is 10.3 Å². The lowest BCUT2D eigenvalue weighted by Crippen LogP contribution is -2.29. The van der Waals surface area contributed by atoms with E-state index in [9.17, 15) is 0 Å². The highest BCUT2D eigenvalue weighted by Gasteiger charge is 2.16. The van der Waals surface area contributed by atoms with E-state index < -0.39 is 0 Å². The van der Waals surface area contributed by atoms with Gasteiger partial charge in [0.2, 0.25) is 0 Å². The van der Waals surface area contributed by atoms with E-state index in [1.165, 1.54) is 25.7 Å². The molecule has 0 aromatic carbocycles. The van der Waals surface area contributed by atoms with Crippen LogP contribution >= 0.6 is 0 Å². The van der Waals surface area contributed by atoms with Crippen LogP contribution in [-0.2, 0) is 6.54 Å². The van der Waals surface area contributed by atoms with Gasteiger partial charge in [0.05, 0.1) is 5.69 Å². The number of hydrogen-bond donors (Lipinski definition) is 1. The molecule has 2 heteroatoms. The molecule has 0 amide bonds. The van der Waals surface area contributed by atoms with Gasteiger partial charge in [-0.15, -0.1) is 0 Å². The summed E-state index contributed by atoms with van der Waals surface area (Å²) in [5.74, 6) is 0. The Morgan fingerprint density at radius 1 is 1.22 bits per heavy atom. The Bertz CT molecular complexity index is 345. The van der Waals surface area contributed by atoms with E-state index in [0.29, 0.717) is 5.41 Å². The Labute approximate surface area is 112 Å². The summed E-state index contributed by atoms with van der Waals surface area (Å²) in [6, 6.07) is 6.20. The SMILES string of the molecule is CCCCCC(C)(C)CNCc1cccc(C)n1. The van der Waals surface area contributed by atoms with E-state index in [-0.39, 0.29) is 0 Å². The van der Waals surface area contributed by atoms with Crippen molar-refractivity contribution in [1.29, 1.82) is 0 Å². The van der Waals surface area contributed by atoms with Crippen LogP contribution in [0.2, 0.25) is 0 Å². The lowest BCUT2D eigenvalue weighted by molar-refractivity contribution is 0.301. The molecule has 1 heterocycles. The van der Waals surface area contributed by atoms with Crippen LogP contribution in [0, 0.1) is 12.3 Å². The van der Waals surface area contributed by atoms with Gasteiger partial charge in [-0.25, -0.2) is 0 Å². The molecule has 1 rings (SSSR count). The minimum absolute atomic E-state index is 0.388. The summed E-state index contributed by atoms with van der Waals surface area (Å²) < 4.78 is 0. The molecule has 0 aliphatic carbocycles. The van der Waals surface area contributed by atoms with E-state index in [4.69, 9.17) is 0 Å². The molecule has 1 aromatic heterocycles. The summed E-state index contributed by atoms with van der Waals surface area (Å²) in [6.07, 6.45) is 5.29. The maximum absolute atomic E-state index is 4.51. The molecule has 1 N–H and O–H groups in total. The van der Waals surface area contributed by atoms with Crippen molar-refractivity contribution < 1.29 is 0 Å². The third-order valence-corrected chi connectivity index (χ3v) is 3.31. The third-order valence-electron chi connectivity index (χ3n) is 3.31. The maximum Gasteiger partial charge on any atom is 0.0544 e. The zero-order valence-corrected chi connectivity index (χ0v) is 12.4. The van der Waals surface area contributed by atoms with Gasteiger partial charge < -0.3 is 5.32 Å². The summed E-state index contributed by atoms with van der Waals surface area (Å²) in [6.45, 7) is 10.9. The molecule has 0 atom stereocenters. The van der Waals surface area contributed by atoms with Gasteiger partial charge in [0.15, 0.2) is 0 Å². The fraction of sp³-hybridized carbons (Fsp3) is 0.688. The van der Waals surface area contributed by atoms with Gasteiger partial charge in [-0.05, 0) is 30.9 Å². The van der Waals surface area contributed by atoms with Gasteiger partial charge >= 0.3 is 0 Å². The highest BCUT2D eigenvalue weighted by Crippen LogP contribution is 2.22. The Balaban J connectivity index is 2.27. The topological polar surface area (TPSA) is 24.9 Å². The summed E-state index contributed by atoms with van der Waals surface area (Å²) in [5.41, 5.74) is 2.62. The van der Waals surface area contributed by atoms with Crippen molar-refractivity contribution in [2.24, 2.45) is 5.41 Å². The summed E-state index contributed by atoms with van der Waals surface area (Å²) in [4.78, 5) is 4.51. The molecule has 1 aromatic rings. The van der Waals surface area contributed by atoms with E-state index in [1.807, 2.05) is 13.0 Å². The van der Waals surface area contributed by atoms with Crippen molar-refractivity contribution >= 4 is 0 Å². The molecule has 102 valence electrons. The van der Waals surface area contributed by atoms with Gasteiger partial charge in [-0.2, -0.15) is 0 Å². The Morgan fingerprint density at radius 2 is 2.00 bits per heavy atom. The number of aryl methyl sites for hydroxylation is 1.